The highest BCUT2D eigenvalue weighted by Gasteiger charge is 2.29. The van der Waals surface area contributed by atoms with Crippen LogP contribution in [0.15, 0.2) is 36.7 Å². The Bertz CT molecular complexity index is 712. The molecule has 25 heavy (non-hydrogen) atoms. The molecule has 2 N–H and O–H groups in total. The standard InChI is InChI=1S/C17H23N5O3/c1-17(2,11-25-10-13-7-5-4-6-8-13)15(24)20-16-19-12-22(21-16)9-14(23)18-3/h4-8,12H,9-11H2,1-3H3,(H,18,23)(H,20,21,24). The summed E-state index contributed by atoms with van der Waals surface area (Å²) in [5, 5.41) is 9.19. The predicted octanol–water partition coefficient (Wildman–Crippen LogP) is 1.21. The van der Waals surface area contributed by atoms with E-state index in [9.17, 15) is 9.59 Å². The van der Waals surface area contributed by atoms with Crippen LogP contribution >= 0.6 is 0 Å². The average molecular weight is 345 g/mol. The molecule has 0 radical (unpaired) electrons. The second-order valence-electron chi connectivity index (χ2n) is 6.26. The largest absolute Gasteiger partial charge is 0.376 e. The average Bonchev–Trinajstić information content (AvgIpc) is 3.02. The zero-order valence-electron chi connectivity index (χ0n) is 14.7. The van der Waals surface area contributed by atoms with Crippen LogP contribution in [0.4, 0.5) is 5.95 Å². The highest BCUT2D eigenvalue weighted by atomic mass is 16.5. The SMILES string of the molecule is CNC(=O)Cn1cnc(NC(=O)C(C)(C)COCc2ccccc2)n1. The van der Waals surface area contributed by atoms with Crippen molar-refractivity contribution >= 4 is 17.8 Å². The summed E-state index contributed by atoms with van der Waals surface area (Å²) in [5.74, 6) is -0.291. The first-order valence-electron chi connectivity index (χ1n) is 7.94. The Morgan fingerprint density at radius 1 is 1.24 bits per heavy atom. The van der Waals surface area contributed by atoms with Gasteiger partial charge in [0, 0.05) is 7.05 Å². The number of aromatic nitrogens is 3. The second-order valence-corrected chi connectivity index (χ2v) is 6.26. The number of hydrogen-bond acceptors (Lipinski definition) is 5. The molecule has 0 bridgehead atoms. The number of carbonyl (C=O) groups excluding carboxylic acids is 2. The third kappa shape index (κ3) is 5.68. The van der Waals surface area contributed by atoms with Crippen LogP contribution < -0.4 is 10.6 Å². The maximum absolute atomic E-state index is 12.4. The molecule has 2 rings (SSSR count). The van der Waals surface area contributed by atoms with Crippen LogP contribution in [0.2, 0.25) is 0 Å². The van der Waals surface area contributed by atoms with Crippen molar-refractivity contribution in [3.05, 3.63) is 42.2 Å². The highest BCUT2D eigenvalue weighted by molar-refractivity contribution is 5.93. The van der Waals surface area contributed by atoms with E-state index in [1.165, 1.54) is 11.0 Å². The van der Waals surface area contributed by atoms with Crippen LogP contribution in [0, 0.1) is 5.41 Å². The second kappa shape index (κ2) is 8.39. The van der Waals surface area contributed by atoms with Crippen LogP contribution in [0.25, 0.3) is 0 Å². The zero-order chi connectivity index (χ0) is 18.3. The number of anilines is 1. The molecule has 0 unspecified atom stereocenters. The van der Waals surface area contributed by atoms with Crippen LogP contribution in [0.3, 0.4) is 0 Å². The minimum absolute atomic E-state index is 0.0446. The van der Waals surface area contributed by atoms with Gasteiger partial charge in [0.05, 0.1) is 18.6 Å². The van der Waals surface area contributed by atoms with Crippen molar-refractivity contribution in [3.8, 4) is 0 Å². The van der Waals surface area contributed by atoms with Crippen molar-refractivity contribution in [1.82, 2.24) is 20.1 Å². The summed E-state index contributed by atoms with van der Waals surface area (Å²) in [7, 11) is 1.54. The van der Waals surface area contributed by atoms with Gasteiger partial charge in [0.15, 0.2) is 0 Å². The molecular formula is C17H23N5O3. The molecule has 2 amide bonds. The topological polar surface area (TPSA) is 98.1 Å². The van der Waals surface area contributed by atoms with Crippen molar-refractivity contribution in [2.24, 2.45) is 5.41 Å². The van der Waals surface area contributed by atoms with Gasteiger partial charge in [-0.1, -0.05) is 30.3 Å². The number of carbonyl (C=O) groups is 2. The molecule has 1 aromatic carbocycles. The number of likely N-dealkylation sites (N-methyl/N-ethyl adjacent to an activating group) is 1. The minimum atomic E-state index is -0.749. The number of ether oxygens (including phenoxy) is 1. The van der Waals surface area contributed by atoms with Crippen LogP contribution in [0.1, 0.15) is 19.4 Å². The Morgan fingerprint density at radius 2 is 1.96 bits per heavy atom. The Kier molecular flexibility index (Phi) is 6.24. The first kappa shape index (κ1) is 18.6. The van der Waals surface area contributed by atoms with Gasteiger partial charge >= 0.3 is 0 Å². The minimum Gasteiger partial charge on any atom is -0.376 e. The predicted molar refractivity (Wildman–Crippen MR) is 92.6 cm³/mol. The Labute approximate surface area is 146 Å². The Morgan fingerprint density at radius 3 is 2.64 bits per heavy atom. The quantitative estimate of drug-likeness (QED) is 0.749. The number of hydrogen-bond donors (Lipinski definition) is 2. The number of amides is 2. The van der Waals surface area contributed by atoms with Crippen LogP contribution in [0.5, 0.6) is 0 Å². The van der Waals surface area contributed by atoms with Crippen molar-refractivity contribution < 1.29 is 14.3 Å². The Balaban J connectivity index is 1.84. The van der Waals surface area contributed by atoms with Gasteiger partial charge in [-0.05, 0) is 19.4 Å². The van der Waals surface area contributed by atoms with Gasteiger partial charge in [-0.15, -0.1) is 5.10 Å². The molecule has 0 fully saturated rings. The van der Waals surface area contributed by atoms with E-state index in [2.05, 4.69) is 20.7 Å². The summed E-state index contributed by atoms with van der Waals surface area (Å²) in [4.78, 5) is 27.7. The summed E-state index contributed by atoms with van der Waals surface area (Å²) < 4.78 is 7.01. The van der Waals surface area contributed by atoms with Crippen LogP contribution in [-0.2, 0) is 27.5 Å². The lowest BCUT2D eigenvalue weighted by molar-refractivity contribution is -0.127. The maximum atomic E-state index is 12.4. The van der Waals surface area contributed by atoms with Crippen molar-refractivity contribution in [1.29, 1.82) is 0 Å². The normalized spacial score (nSPS) is 11.2. The summed E-state index contributed by atoms with van der Waals surface area (Å²) >= 11 is 0. The molecule has 8 nitrogen and oxygen atoms in total. The van der Waals surface area contributed by atoms with E-state index in [0.717, 1.165) is 5.56 Å². The maximum Gasteiger partial charge on any atom is 0.248 e. The fourth-order valence-corrected chi connectivity index (χ4v) is 1.99. The van der Waals surface area contributed by atoms with Gasteiger partial charge in [-0.25, -0.2) is 9.67 Å². The molecule has 0 atom stereocenters. The lowest BCUT2D eigenvalue weighted by Gasteiger charge is -2.22. The third-order valence-corrected chi connectivity index (χ3v) is 3.54. The molecule has 0 spiro atoms. The number of nitrogens with zero attached hydrogens (tertiary/aromatic N) is 3. The summed E-state index contributed by atoms with van der Waals surface area (Å²) in [6.07, 6.45) is 1.39. The summed E-state index contributed by atoms with van der Waals surface area (Å²) in [5.41, 5.74) is 0.300. The molecular weight excluding hydrogens is 322 g/mol. The van der Waals surface area contributed by atoms with Gasteiger partial charge < -0.3 is 10.1 Å². The van der Waals surface area contributed by atoms with E-state index in [4.69, 9.17) is 4.74 Å². The molecule has 0 saturated heterocycles. The van der Waals surface area contributed by atoms with Crippen LogP contribution in [-0.4, -0.2) is 40.2 Å². The van der Waals surface area contributed by atoms with E-state index in [1.54, 1.807) is 20.9 Å². The van der Waals surface area contributed by atoms with E-state index in [1.807, 2.05) is 30.3 Å². The Hall–Kier alpha value is -2.74. The van der Waals surface area contributed by atoms with Gasteiger partial charge in [-0.2, -0.15) is 0 Å². The van der Waals surface area contributed by atoms with E-state index < -0.39 is 5.41 Å². The van der Waals surface area contributed by atoms with E-state index in [-0.39, 0.29) is 30.9 Å². The van der Waals surface area contributed by atoms with Gasteiger partial charge in [-0.3, -0.25) is 14.9 Å². The van der Waals surface area contributed by atoms with E-state index in [0.29, 0.717) is 6.61 Å². The molecule has 0 saturated carbocycles. The number of rotatable bonds is 8. The fraction of sp³-hybridized carbons (Fsp3) is 0.412. The number of benzene rings is 1. The lowest BCUT2D eigenvalue weighted by Crippen LogP contribution is -2.35. The summed E-state index contributed by atoms with van der Waals surface area (Å²) in [6, 6.07) is 9.76. The number of nitrogens with one attached hydrogen (secondary N) is 2. The van der Waals surface area contributed by atoms with Gasteiger partial charge in [0.25, 0.3) is 0 Å². The molecule has 0 aliphatic rings. The molecule has 8 heteroatoms. The van der Waals surface area contributed by atoms with Gasteiger partial charge in [0.1, 0.15) is 12.9 Å². The lowest BCUT2D eigenvalue weighted by atomic mass is 9.94. The molecule has 1 aromatic heterocycles. The molecule has 0 aliphatic heterocycles. The smallest absolute Gasteiger partial charge is 0.248 e. The molecule has 2 aromatic rings. The van der Waals surface area contributed by atoms with Gasteiger partial charge in [0.2, 0.25) is 17.8 Å². The fourth-order valence-electron chi connectivity index (χ4n) is 1.99. The highest BCUT2D eigenvalue weighted by Crippen LogP contribution is 2.18. The molecule has 0 aliphatic carbocycles. The zero-order valence-corrected chi connectivity index (χ0v) is 14.7. The molecule has 134 valence electrons. The first-order valence-corrected chi connectivity index (χ1v) is 7.94. The third-order valence-electron chi connectivity index (χ3n) is 3.54. The summed E-state index contributed by atoms with van der Waals surface area (Å²) in [6.45, 7) is 4.32. The first-order chi connectivity index (χ1) is 11.9. The van der Waals surface area contributed by atoms with Crippen molar-refractivity contribution in [2.75, 3.05) is 19.0 Å². The monoisotopic (exact) mass is 345 g/mol. The van der Waals surface area contributed by atoms with E-state index >= 15 is 0 Å². The van der Waals surface area contributed by atoms with Crippen molar-refractivity contribution in [2.45, 2.75) is 27.0 Å². The molecule has 1 heterocycles. The van der Waals surface area contributed by atoms with Crippen molar-refractivity contribution in [3.63, 3.8) is 0 Å².